The van der Waals surface area contributed by atoms with Crippen LogP contribution >= 0.6 is 0 Å². The van der Waals surface area contributed by atoms with E-state index >= 15 is 0 Å². The molecule has 0 aliphatic carbocycles. The van der Waals surface area contributed by atoms with E-state index in [1.54, 1.807) is 0 Å². The molecule has 1 amide bonds. The lowest BCUT2D eigenvalue weighted by Crippen LogP contribution is -2.69. The molecular formula is C9H13N5O3. The number of hydrogen-bond acceptors (Lipinski definition) is 7. The van der Waals surface area contributed by atoms with E-state index in [-0.39, 0.29) is 11.6 Å². The summed E-state index contributed by atoms with van der Waals surface area (Å²) in [5.41, 5.74) is 5.59. The van der Waals surface area contributed by atoms with Crippen LogP contribution in [0.1, 0.15) is 6.92 Å². The summed E-state index contributed by atoms with van der Waals surface area (Å²) in [5, 5.41) is 17.1. The van der Waals surface area contributed by atoms with E-state index in [9.17, 15) is 9.59 Å². The summed E-state index contributed by atoms with van der Waals surface area (Å²) < 4.78 is 0. The number of nitrogens with two attached hydrogens (primary N) is 1. The zero-order valence-electron chi connectivity index (χ0n) is 9.10. The van der Waals surface area contributed by atoms with Gasteiger partial charge in [0.15, 0.2) is 12.3 Å². The minimum absolute atomic E-state index is 0.0983. The molecule has 8 heteroatoms. The van der Waals surface area contributed by atoms with Crippen molar-refractivity contribution in [2.45, 2.75) is 25.4 Å². The Morgan fingerprint density at radius 2 is 2.24 bits per heavy atom. The van der Waals surface area contributed by atoms with Crippen LogP contribution < -0.4 is 21.7 Å². The third-order valence-electron chi connectivity index (χ3n) is 2.41. The molecule has 2 rings (SSSR count). The number of carbonyl (C=O) groups excluding carboxylic acids is 2. The van der Waals surface area contributed by atoms with Gasteiger partial charge in [-0.15, -0.1) is 0 Å². The number of aliphatic imine (C=N–C) groups is 1. The monoisotopic (exact) mass is 239 g/mol. The molecule has 8 nitrogen and oxygen atoms in total. The topological polar surface area (TPSA) is 129 Å². The molecule has 92 valence electrons. The second-order valence-electron chi connectivity index (χ2n) is 3.81. The number of amidine groups is 1. The van der Waals surface area contributed by atoms with Crippen molar-refractivity contribution >= 4 is 17.5 Å². The number of amides is 1. The van der Waals surface area contributed by atoms with Crippen molar-refractivity contribution in [3.05, 3.63) is 11.9 Å². The maximum atomic E-state index is 11.6. The highest BCUT2D eigenvalue weighted by atomic mass is 16.3. The Morgan fingerprint density at radius 3 is 2.88 bits per heavy atom. The molecule has 3 atom stereocenters. The van der Waals surface area contributed by atoms with Gasteiger partial charge in [0.25, 0.3) is 5.91 Å². The van der Waals surface area contributed by atoms with Crippen molar-refractivity contribution < 1.29 is 14.7 Å². The number of rotatable bonds is 2. The zero-order valence-corrected chi connectivity index (χ0v) is 9.10. The van der Waals surface area contributed by atoms with Gasteiger partial charge >= 0.3 is 0 Å². The fourth-order valence-corrected chi connectivity index (χ4v) is 1.57. The van der Waals surface area contributed by atoms with Crippen LogP contribution in [-0.4, -0.2) is 41.1 Å². The lowest BCUT2D eigenvalue weighted by Gasteiger charge is -2.33. The Bertz CT molecular complexity index is 428. The molecule has 0 bridgehead atoms. The number of aliphatic hydroxyl groups is 1. The molecule has 1 fully saturated rings. The number of nitrogens with one attached hydrogen (secondary N) is 3. The van der Waals surface area contributed by atoms with E-state index < -0.39 is 24.2 Å². The predicted molar refractivity (Wildman–Crippen MR) is 58.4 cm³/mol. The van der Waals surface area contributed by atoms with Gasteiger partial charge in [0.1, 0.15) is 17.6 Å². The van der Waals surface area contributed by atoms with E-state index in [4.69, 9.17) is 10.8 Å². The van der Waals surface area contributed by atoms with E-state index in [1.165, 1.54) is 13.1 Å². The Hall–Kier alpha value is -1.93. The standard InChI is InChI=1S/C9H13N5O3/c1-3(15)6(16)4-2-11-7-5(12-4)8(17)14-9(10)13-7/h2-3,5,9,12,15H,10H2,1H3,(H,11,13)(H,14,17). The van der Waals surface area contributed by atoms with Crippen LogP contribution in [0.2, 0.25) is 0 Å². The fourth-order valence-electron chi connectivity index (χ4n) is 1.57. The number of hydrogen-bond donors (Lipinski definition) is 5. The Kier molecular flexibility index (Phi) is 2.82. The minimum Gasteiger partial charge on any atom is -0.385 e. The molecule has 0 radical (unpaired) electrons. The van der Waals surface area contributed by atoms with Gasteiger partial charge in [-0.1, -0.05) is 0 Å². The Balaban J connectivity index is 2.22. The Labute approximate surface area is 97.0 Å². The SMILES string of the molecule is CC(O)C(=O)C1=CN=C2NC(N)NC(=O)C2N1. The minimum atomic E-state index is -1.15. The first kappa shape index (κ1) is 11.6. The number of aliphatic hydroxyl groups excluding tert-OH is 1. The molecule has 3 unspecified atom stereocenters. The lowest BCUT2D eigenvalue weighted by atomic mass is 10.1. The average Bonchev–Trinajstić information content (AvgIpc) is 2.27. The number of Topliss-reactive ketones (excluding diaryl/α,β-unsaturated/α-hetero) is 1. The summed E-state index contributed by atoms with van der Waals surface area (Å²) in [5.74, 6) is -0.544. The molecule has 0 aromatic carbocycles. The molecule has 0 aromatic heterocycles. The maximum Gasteiger partial charge on any atom is 0.252 e. The molecule has 2 aliphatic heterocycles. The quantitative estimate of drug-likeness (QED) is 0.352. The van der Waals surface area contributed by atoms with E-state index in [0.717, 1.165) is 0 Å². The van der Waals surface area contributed by atoms with Crippen molar-refractivity contribution in [2.75, 3.05) is 0 Å². The molecule has 0 saturated carbocycles. The summed E-state index contributed by atoms with van der Waals surface area (Å²) in [6.45, 7) is 1.35. The van der Waals surface area contributed by atoms with Crippen LogP contribution in [0.15, 0.2) is 16.9 Å². The third kappa shape index (κ3) is 2.12. The summed E-state index contributed by atoms with van der Waals surface area (Å²) >= 11 is 0. The summed E-state index contributed by atoms with van der Waals surface area (Å²) in [6, 6.07) is -0.780. The molecule has 1 saturated heterocycles. The maximum absolute atomic E-state index is 11.6. The van der Waals surface area contributed by atoms with Gasteiger partial charge in [-0.25, -0.2) is 4.99 Å². The molecule has 0 aromatic rings. The third-order valence-corrected chi connectivity index (χ3v) is 2.41. The van der Waals surface area contributed by atoms with Gasteiger partial charge in [0, 0.05) is 0 Å². The lowest BCUT2D eigenvalue weighted by molar-refractivity contribution is -0.124. The summed E-state index contributed by atoms with van der Waals surface area (Å²) in [6.07, 6.45) is -0.576. The van der Waals surface area contributed by atoms with E-state index in [0.29, 0.717) is 5.84 Å². The smallest absolute Gasteiger partial charge is 0.252 e. The second kappa shape index (κ2) is 4.15. The Morgan fingerprint density at radius 1 is 1.53 bits per heavy atom. The summed E-state index contributed by atoms with van der Waals surface area (Å²) in [4.78, 5) is 27.1. The van der Waals surface area contributed by atoms with Crippen molar-refractivity contribution in [2.24, 2.45) is 10.7 Å². The van der Waals surface area contributed by atoms with Gasteiger partial charge in [0.2, 0.25) is 5.78 Å². The van der Waals surface area contributed by atoms with Crippen LogP contribution in [0.4, 0.5) is 0 Å². The van der Waals surface area contributed by atoms with Gasteiger partial charge in [-0.2, -0.15) is 0 Å². The molecule has 17 heavy (non-hydrogen) atoms. The predicted octanol–water partition coefficient (Wildman–Crippen LogP) is -2.89. The van der Waals surface area contributed by atoms with Gasteiger partial charge < -0.3 is 21.1 Å². The van der Waals surface area contributed by atoms with E-state index in [1.807, 2.05) is 0 Å². The van der Waals surface area contributed by atoms with Crippen LogP contribution in [0, 0.1) is 0 Å². The molecule has 6 N–H and O–H groups in total. The first-order valence-corrected chi connectivity index (χ1v) is 5.08. The number of carbonyl (C=O) groups is 2. The average molecular weight is 239 g/mol. The highest BCUT2D eigenvalue weighted by Crippen LogP contribution is 2.08. The van der Waals surface area contributed by atoms with Crippen LogP contribution in [-0.2, 0) is 9.59 Å². The van der Waals surface area contributed by atoms with Crippen LogP contribution in [0.5, 0.6) is 0 Å². The fraction of sp³-hybridized carbons (Fsp3) is 0.444. The number of nitrogens with zero attached hydrogens (tertiary/aromatic N) is 1. The van der Waals surface area contributed by atoms with Gasteiger partial charge in [0.05, 0.1) is 6.20 Å². The molecule has 2 heterocycles. The number of ketones is 1. The van der Waals surface area contributed by atoms with Crippen molar-refractivity contribution in [3.8, 4) is 0 Å². The van der Waals surface area contributed by atoms with Crippen LogP contribution in [0.3, 0.4) is 0 Å². The zero-order chi connectivity index (χ0) is 12.6. The van der Waals surface area contributed by atoms with E-state index in [2.05, 4.69) is 20.9 Å². The highest BCUT2D eigenvalue weighted by molar-refractivity contribution is 6.12. The van der Waals surface area contributed by atoms with Gasteiger partial charge in [-0.3, -0.25) is 15.3 Å². The first-order valence-electron chi connectivity index (χ1n) is 5.08. The molecular weight excluding hydrogens is 226 g/mol. The van der Waals surface area contributed by atoms with Crippen LogP contribution in [0.25, 0.3) is 0 Å². The van der Waals surface area contributed by atoms with Crippen molar-refractivity contribution in [3.63, 3.8) is 0 Å². The summed E-state index contributed by atoms with van der Waals surface area (Å²) in [7, 11) is 0. The van der Waals surface area contributed by atoms with Gasteiger partial charge in [-0.05, 0) is 6.92 Å². The largest absolute Gasteiger partial charge is 0.385 e. The molecule has 0 spiro atoms. The van der Waals surface area contributed by atoms with Crippen molar-refractivity contribution in [1.29, 1.82) is 0 Å². The number of fused-ring (bicyclic) bond motifs is 1. The first-order chi connectivity index (χ1) is 7.99. The normalized spacial score (nSPS) is 28.8. The second-order valence-corrected chi connectivity index (χ2v) is 3.81. The molecule has 2 aliphatic rings. The highest BCUT2D eigenvalue weighted by Gasteiger charge is 2.35. The van der Waals surface area contributed by atoms with Crippen molar-refractivity contribution in [1.82, 2.24) is 16.0 Å².